The summed E-state index contributed by atoms with van der Waals surface area (Å²) in [5.74, 6) is -0.776. The summed E-state index contributed by atoms with van der Waals surface area (Å²) in [4.78, 5) is -0.366. The molecule has 4 nitrogen and oxygen atoms in total. The molecule has 2 aromatic rings. The van der Waals surface area contributed by atoms with Crippen LogP contribution in [0, 0.1) is 5.82 Å². The van der Waals surface area contributed by atoms with Gasteiger partial charge in [0.1, 0.15) is 10.7 Å². The molecule has 0 aromatic heterocycles. The van der Waals surface area contributed by atoms with Gasteiger partial charge >= 0.3 is 0 Å². The summed E-state index contributed by atoms with van der Waals surface area (Å²) in [6.07, 6.45) is 2.09. The molecule has 0 saturated carbocycles. The van der Waals surface area contributed by atoms with Gasteiger partial charge in [-0.3, -0.25) is 4.72 Å². The van der Waals surface area contributed by atoms with E-state index in [1.54, 1.807) is 12.1 Å². The molecule has 1 heterocycles. The zero-order valence-corrected chi connectivity index (χ0v) is 14.5. The van der Waals surface area contributed by atoms with Crippen molar-refractivity contribution in [2.45, 2.75) is 31.2 Å². The Kier molecular flexibility index (Phi) is 3.87. The van der Waals surface area contributed by atoms with Crippen LogP contribution in [0.25, 0.3) is 5.57 Å². The molecule has 2 aromatic carbocycles. The summed E-state index contributed by atoms with van der Waals surface area (Å²) >= 11 is 0. The molecule has 2 N–H and O–H groups in total. The van der Waals surface area contributed by atoms with Crippen molar-refractivity contribution in [3.63, 3.8) is 0 Å². The van der Waals surface area contributed by atoms with E-state index in [0.29, 0.717) is 5.69 Å². The number of hydrogen-bond donors (Lipinski definition) is 2. The second kappa shape index (κ2) is 5.63. The number of hydrogen-bond acceptors (Lipinski definition) is 3. The van der Waals surface area contributed by atoms with E-state index in [9.17, 15) is 12.8 Å². The lowest BCUT2D eigenvalue weighted by Crippen LogP contribution is -2.31. The Hall–Kier alpha value is -2.34. The topological polar surface area (TPSA) is 58.2 Å². The lowest BCUT2D eigenvalue weighted by atomic mass is 9.91. The van der Waals surface area contributed by atoms with E-state index >= 15 is 0 Å². The highest BCUT2D eigenvalue weighted by atomic mass is 32.2. The maximum atomic E-state index is 13.8. The van der Waals surface area contributed by atoms with Crippen LogP contribution < -0.4 is 10.0 Å². The third-order valence-electron chi connectivity index (χ3n) is 3.86. The molecule has 6 heteroatoms. The van der Waals surface area contributed by atoms with Crippen molar-refractivity contribution >= 4 is 27.0 Å². The molecule has 0 aliphatic carbocycles. The third kappa shape index (κ3) is 3.14. The highest BCUT2D eigenvalue weighted by Crippen LogP contribution is 2.35. The number of nitrogens with one attached hydrogen (secondary N) is 2. The largest absolute Gasteiger partial charge is 0.376 e. The fourth-order valence-electron chi connectivity index (χ4n) is 2.92. The molecule has 0 unspecified atom stereocenters. The van der Waals surface area contributed by atoms with Crippen LogP contribution in [0.2, 0.25) is 0 Å². The number of allylic oxidation sites excluding steroid dienone is 1. The van der Waals surface area contributed by atoms with E-state index < -0.39 is 15.8 Å². The lowest BCUT2D eigenvalue weighted by Gasteiger charge is -2.31. The molecule has 3 rings (SSSR count). The second-order valence-electron chi connectivity index (χ2n) is 6.47. The van der Waals surface area contributed by atoms with E-state index in [1.807, 2.05) is 13.0 Å². The van der Waals surface area contributed by atoms with Crippen LogP contribution in [0.4, 0.5) is 15.8 Å². The Bertz CT molecular complexity index is 934. The first-order valence-electron chi connectivity index (χ1n) is 7.57. The summed E-state index contributed by atoms with van der Waals surface area (Å²) < 4.78 is 41.0. The van der Waals surface area contributed by atoms with Gasteiger partial charge in [0.2, 0.25) is 0 Å². The van der Waals surface area contributed by atoms with Gasteiger partial charge in [0.25, 0.3) is 10.0 Å². The summed E-state index contributed by atoms with van der Waals surface area (Å²) in [5.41, 5.74) is 3.15. The number of anilines is 2. The van der Waals surface area contributed by atoms with Gasteiger partial charge < -0.3 is 5.32 Å². The monoisotopic (exact) mass is 346 g/mol. The fraction of sp³-hybridized carbons (Fsp3) is 0.222. The van der Waals surface area contributed by atoms with Crippen molar-refractivity contribution in [1.82, 2.24) is 0 Å². The summed E-state index contributed by atoms with van der Waals surface area (Å²) in [6.45, 7) is 6.11. The average molecular weight is 346 g/mol. The van der Waals surface area contributed by atoms with Crippen molar-refractivity contribution in [1.29, 1.82) is 0 Å². The van der Waals surface area contributed by atoms with Crippen molar-refractivity contribution in [2.75, 3.05) is 10.0 Å². The third-order valence-corrected chi connectivity index (χ3v) is 5.27. The Morgan fingerprint density at radius 1 is 1.12 bits per heavy atom. The lowest BCUT2D eigenvalue weighted by molar-refractivity contribution is 0.570. The fourth-order valence-corrected chi connectivity index (χ4v) is 4.05. The van der Waals surface area contributed by atoms with Crippen molar-refractivity contribution in [3.05, 3.63) is 59.9 Å². The maximum Gasteiger partial charge on any atom is 0.264 e. The quantitative estimate of drug-likeness (QED) is 0.874. The Morgan fingerprint density at radius 2 is 1.83 bits per heavy atom. The van der Waals surface area contributed by atoms with Gasteiger partial charge in [0, 0.05) is 16.9 Å². The molecule has 126 valence electrons. The number of benzene rings is 2. The molecule has 0 saturated heterocycles. The normalized spacial score (nSPS) is 15.9. The van der Waals surface area contributed by atoms with Gasteiger partial charge in [0.05, 0.1) is 5.54 Å². The Labute approximate surface area is 141 Å². The molecule has 0 radical (unpaired) electrons. The van der Waals surface area contributed by atoms with Crippen molar-refractivity contribution < 1.29 is 12.8 Å². The van der Waals surface area contributed by atoms with Crippen molar-refractivity contribution in [2.24, 2.45) is 0 Å². The SMILES string of the molecule is CC1=CC(C)(C)Nc2ccc(NS(=O)(=O)c3ccccc3F)cc21. The van der Waals surface area contributed by atoms with Gasteiger partial charge in [-0.15, -0.1) is 0 Å². The number of halogens is 1. The van der Waals surface area contributed by atoms with Gasteiger partial charge in [0.15, 0.2) is 0 Å². The molecule has 0 atom stereocenters. The average Bonchev–Trinajstić information content (AvgIpc) is 2.47. The van der Waals surface area contributed by atoms with Crippen LogP contribution in [0.15, 0.2) is 53.4 Å². The number of rotatable bonds is 3. The van der Waals surface area contributed by atoms with E-state index in [0.717, 1.165) is 22.9 Å². The summed E-state index contributed by atoms with van der Waals surface area (Å²) in [7, 11) is -3.98. The number of fused-ring (bicyclic) bond motifs is 1. The molecule has 1 aliphatic rings. The highest BCUT2D eigenvalue weighted by molar-refractivity contribution is 7.92. The minimum atomic E-state index is -3.98. The van der Waals surface area contributed by atoms with E-state index in [-0.39, 0.29) is 10.4 Å². The highest BCUT2D eigenvalue weighted by Gasteiger charge is 2.24. The zero-order chi connectivity index (χ0) is 17.5. The molecule has 1 aliphatic heterocycles. The van der Waals surface area contributed by atoms with Crippen LogP contribution in [-0.4, -0.2) is 14.0 Å². The van der Waals surface area contributed by atoms with E-state index in [2.05, 4.69) is 30.0 Å². The number of sulfonamides is 1. The van der Waals surface area contributed by atoms with Crippen molar-refractivity contribution in [3.8, 4) is 0 Å². The van der Waals surface area contributed by atoms with E-state index in [1.165, 1.54) is 18.2 Å². The molecule has 24 heavy (non-hydrogen) atoms. The summed E-state index contributed by atoms with van der Waals surface area (Å²) in [6, 6.07) is 10.6. The zero-order valence-electron chi connectivity index (χ0n) is 13.7. The molecular formula is C18H19FN2O2S. The maximum absolute atomic E-state index is 13.8. The first-order valence-corrected chi connectivity index (χ1v) is 9.06. The first-order chi connectivity index (χ1) is 11.2. The summed E-state index contributed by atoms with van der Waals surface area (Å²) in [5, 5.41) is 3.38. The molecule has 0 fully saturated rings. The van der Waals surface area contributed by atoms with Crippen LogP contribution in [0.1, 0.15) is 26.3 Å². The second-order valence-corrected chi connectivity index (χ2v) is 8.12. The minimum Gasteiger partial charge on any atom is -0.376 e. The van der Waals surface area contributed by atoms with E-state index in [4.69, 9.17) is 0 Å². The Balaban J connectivity index is 1.96. The van der Waals surface area contributed by atoms with Crippen LogP contribution in [-0.2, 0) is 10.0 Å². The van der Waals surface area contributed by atoms with Gasteiger partial charge in [-0.1, -0.05) is 18.2 Å². The van der Waals surface area contributed by atoms with Crippen LogP contribution in [0.3, 0.4) is 0 Å². The minimum absolute atomic E-state index is 0.161. The predicted octanol–water partition coefficient (Wildman–Crippen LogP) is 4.23. The van der Waals surface area contributed by atoms with Gasteiger partial charge in [-0.2, -0.15) is 0 Å². The Morgan fingerprint density at radius 3 is 2.54 bits per heavy atom. The molecule has 0 spiro atoms. The molecule has 0 bridgehead atoms. The molecular weight excluding hydrogens is 327 g/mol. The van der Waals surface area contributed by atoms with Gasteiger partial charge in [-0.05, 0) is 56.7 Å². The predicted molar refractivity (Wildman–Crippen MR) is 95.0 cm³/mol. The molecule has 0 amide bonds. The van der Waals surface area contributed by atoms with Gasteiger partial charge in [-0.25, -0.2) is 12.8 Å². The standard InChI is InChI=1S/C18H19FN2O2S/c1-12-11-18(2,3)20-16-9-8-13(10-14(12)16)21-24(22,23)17-7-5-4-6-15(17)19/h4-11,20-21H,1-3H3. The van der Waals surface area contributed by atoms with Crippen LogP contribution >= 0.6 is 0 Å². The first kappa shape index (κ1) is 16.5. The van der Waals surface area contributed by atoms with Crippen LogP contribution in [0.5, 0.6) is 0 Å². The smallest absolute Gasteiger partial charge is 0.264 e.